The number of anilines is 1. The highest BCUT2D eigenvalue weighted by molar-refractivity contribution is 6.20. The van der Waals surface area contributed by atoms with Crippen molar-refractivity contribution in [3.05, 3.63) is 41.9 Å². The zero-order valence-electron chi connectivity index (χ0n) is 14.6. The van der Waals surface area contributed by atoms with Crippen molar-refractivity contribution in [2.45, 2.75) is 13.5 Å². The van der Waals surface area contributed by atoms with Gasteiger partial charge < -0.3 is 15.0 Å². The third-order valence-electron chi connectivity index (χ3n) is 4.57. The molecule has 0 spiro atoms. The molecular weight excluding hydrogens is 316 g/mol. The number of nitrogens with zero attached hydrogens (tertiary/aromatic N) is 5. The normalized spacial score (nSPS) is 20.6. The minimum absolute atomic E-state index is 0.492. The van der Waals surface area contributed by atoms with Crippen molar-refractivity contribution < 1.29 is 4.74 Å². The number of hydrogen-bond acceptors (Lipinski definition) is 6. The quantitative estimate of drug-likeness (QED) is 0.902. The lowest BCUT2D eigenvalue weighted by atomic mass is 10.1. The van der Waals surface area contributed by atoms with Crippen LogP contribution in [-0.4, -0.2) is 53.9 Å². The monoisotopic (exact) mass is 338 g/mol. The second-order valence-corrected chi connectivity index (χ2v) is 6.08. The van der Waals surface area contributed by atoms with E-state index in [0.29, 0.717) is 12.5 Å². The number of aliphatic imine (C=N–C) groups is 1. The smallest absolute Gasteiger partial charge is 0.218 e. The fraction of sp³-hybridized carbons (Fsp3) is 0.389. The van der Waals surface area contributed by atoms with Gasteiger partial charge in [0.05, 0.1) is 17.5 Å². The average Bonchev–Trinajstić information content (AvgIpc) is 3.12. The summed E-state index contributed by atoms with van der Waals surface area (Å²) in [5.74, 6) is 1.66. The van der Waals surface area contributed by atoms with Crippen LogP contribution in [0, 0.1) is 0 Å². The largest absolute Gasteiger partial charge is 0.472 e. The van der Waals surface area contributed by atoms with Gasteiger partial charge in [-0.25, -0.2) is 9.67 Å². The molecule has 1 N–H and O–H groups in total. The summed E-state index contributed by atoms with van der Waals surface area (Å²) in [4.78, 5) is 11.1. The summed E-state index contributed by atoms with van der Waals surface area (Å²) in [6.07, 6.45) is 5.87. The summed E-state index contributed by atoms with van der Waals surface area (Å²) in [6.45, 7) is 6.45. The maximum Gasteiger partial charge on any atom is 0.218 e. The van der Waals surface area contributed by atoms with Crippen LogP contribution in [0.5, 0.6) is 0 Å². The lowest BCUT2D eigenvalue weighted by Gasteiger charge is -2.28. The first-order valence-corrected chi connectivity index (χ1v) is 8.57. The highest BCUT2D eigenvalue weighted by atomic mass is 16.5. The predicted octanol–water partition coefficient (Wildman–Crippen LogP) is 1.64. The number of allylic oxidation sites excluding steroid dienone is 1. The molecule has 25 heavy (non-hydrogen) atoms. The lowest BCUT2D eigenvalue weighted by Crippen LogP contribution is -2.43. The number of pyridine rings is 1. The second kappa shape index (κ2) is 6.68. The molecule has 1 fully saturated rings. The van der Waals surface area contributed by atoms with Gasteiger partial charge in [-0.3, -0.25) is 4.99 Å². The molecule has 130 valence electrons. The molecule has 0 bridgehead atoms. The summed E-state index contributed by atoms with van der Waals surface area (Å²) >= 11 is 0. The lowest BCUT2D eigenvalue weighted by molar-refractivity contribution is 0.290. The standard InChI is InChI=1S/C18H22N6O/c1-3-15-17-13(12-25-18(15)19-2)11-24(22-17)14-4-5-16(21-10-14)23-8-6-20-7-9-23/h3-5,10-11,20H,6-9,12H2,1-2H3/b15-3-,19-18?. The van der Waals surface area contributed by atoms with Crippen molar-refractivity contribution in [3.63, 3.8) is 0 Å². The minimum atomic E-state index is 0.492. The molecule has 0 amide bonds. The molecule has 4 rings (SSSR count). The Morgan fingerprint density at radius 3 is 2.80 bits per heavy atom. The summed E-state index contributed by atoms with van der Waals surface area (Å²) in [7, 11) is 1.74. The Hall–Kier alpha value is -2.67. The van der Waals surface area contributed by atoms with E-state index in [-0.39, 0.29) is 0 Å². The first-order chi connectivity index (χ1) is 12.3. The van der Waals surface area contributed by atoms with Crippen LogP contribution in [-0.2, 0) is 11.3 Å². The van der Waals surface area contributed by atoms with Gasteiger partial charge in [0.15, 0.2) is 0 Å². The molecular formula is C18H22N6O. The predicted molar refractivity (Wildman–Crippen MR) is 98.2 cm³/mol. The van der Waals surface area contributed by atoms with E-state index in [0.717, 1.165) is 54.5 Å². The Labute approximate surface area is 147 Å². The number of hydrogen-bond donors (Lipinski definition) is 1. The van der Waals surface area contributed by atoms with Crippen molar-refractivity contribution in [1.82, 2.24) is 20.1 Å². The summed E-state index contributed by atoms with van der Waals surface area (Å²) in [5, 5.41) is 8.09. The van der Waals surface area contributed by atoms with Crippen LogP contribution in [0.15, 0.2) is 35.6 Å². The molecule has 2 aromatic rings. The van der Waals surface area contributed by atoms with Crippen molar-refractivity contribution >= 4 is 17.3 Å². The van der Waals surface area contributed by atoms with Crippen molar-refractivity contribution in [2.75, 3.05) is 38.1 Å². The molecule has 7 nitrogen and oxygen atoms in total. The fourth-order valence-corrected chi connectivity index (χ4v) is 3.24. The van der Waals surface area contributed by atoms with E-state index in [1.165, 1.54) is 0 Å². The van der Waals surface area contributed by atoms with Crippen LogP contribution < -0.4 is 10.2 Å². The van der Waals surface area contributed by atoms with E-state index in [9.17, 15) is 0 Å². The van der Waals surface area contributed by atoms with E-state index in [4.69, 9.17) is 9.84 Å². The molecule has 0 aromatic carbocycles. The molecule has 0 unspecified atom stereocenters. The van der Waals surface area contributed by atoms with Crippen LogP contribution in [0.2, 0.25) is 0 Å². The van der Waals surface area contributed by atoms with E-state index in [2.05, 4.69) is 32.3 Å². The van der Waals surface area contributed by atoms with Gasteiger partial charge in [-0.15, -0.1) is 0 Å². The zero-order valence-corrected chi connectivity index (χ0v) is 14.6. The van der Waals surface area contributed by atoms with E-state index < -0.39 is 0 Å². The number of rotatable bonds is 2. The van der Waals surface area contributed by atoms with Crippen LogP contribution in [0.4, 0.5) is 5.82 Å². The van der Waals surface area contributed by atoms with Gasteiger partial charge in [-0.2, -0.15) is 5.10 Å². The number of ether oxygens (including phenoxy) is 1. The maximum atomic E-state index is 5.70. The van der Waals surface area contributed by atoms with Crippen LogP contribution in [0.25, 0.3) is 11.3 Å². The molecule has 2 aromatic heterocycles. The Morgan fingerprint density at radius 1 is 1.28 bits per heavy atom. The molecule has 2 aliphatic heterocycles. The molecule has 7 heteroatoms. The van der Waals surface area contributed by atoms with Crippen molar-refractivity contribution in [3.8, 4) is 5.69 Å². The van der Waals surface area contributed by atoms with Gasteiger partial charge >= 0.3 is 0 Å². The summed E-state index contributed by atoms with van der Waals surface area (Å²) in [5.41, 5.74) is 3.87. The molecule has 0 radical (unpaired) electrons. The Morgan fingerprint density at radius 2 is 2.12 bits per heavy atom. The van der Waals surface area contributed by atoms with Gasteiger partial charge in [0, 0.05) is 45.0 Å². The van der Waals surface area contributed by atoms with Crippen molar-refractivity contribution in [1.29, 1.82) is 0 Å². The number of piperazine rings is 1. The maximum absolute atomic E-state index is 5.70. The van der Waals surface area contributed by atoms with Gasteiger partial charge in [-0.05, 0) is 19.1 Å². The van der Waals surface area contributed by atoms with E-state index in [1.807, 2.05) is 30.1 Å². The number of fused-ring (bicyclic) bond motifs is 1. The first kappa shape index (κ1) is 15.8. The second-order valence-electron chi connectivity index (χ2n) is 6.08. The Bertz CT molecular complexity index is 815. The van der Waals surface area contributed by atoms with Gasteiger partial charge in [0.25, 0.3) is 0 Å². The highest BCUT2D eigenvalue weighted by Crippen LogP contribution is 2.27. The molecule has 0 atom stereocenters. The summed E-state index contributed by atoms with van der Waals surface area (Å²) in [6, 6.07) is 4.13. The zero-order chi connectivity index (χ0) is 17.2. The van der Waals surface area contributed by atoms with Crippen LogP contribution in [0.3, 0.4) is 0 Å². The third-order valence-corrected chi connectivity index (χ3v) is 4.57. The fourth-order valence-electron chi connectivity index (χ4n) is 3.24. The first-order valence-electron chi connectivity index (χ1n) is 8.57. The van der Waals surface area contributed by atoms with E-state index in [1.54, 1.807) is 7.05 Å². The molecule has 2 aliphatic rings. The molecule has 4 heterocycles. The molecule has 0 aliphatic carbocycles. The Balaban J connectivity index is 1.62. The highest BCUT2D eigenvalue weighted by Gasteiger charge is 2.24. The van der Waals surface area contributed by atoms with Crippen LogP contribution >= 0.6 is 0 Å². The number of nitrogens with one attached hydrogen (secondary N) is 1. The van der Waals surface area contributed by atoms with Gasteiger partial charge in [0.1, 0.15) is 18.1 Å². The van der Waals surface area contributed by atoms with E-state index >= 15 is 0 Å². The van der Waals surface area contributed by atoms with Crippen LogP contribution in [0.1, 0.15) is 18.2 Å². The minimum Gasteiger partial charge on any atom is -0.472 e. The van der Waals surface area contributed by atoms with Gasteiger partial charge in [0.2, 0.25) is 5.90 Å². The summed E-state index contributed by atoms with van der Waals surface area (Å²) < 4.78 is 7.57. The van der Waals surface area contributed by atoms with Gasteiger partial charge in [-0.1, -0.05) is 6.08 Å². The SMILES string of the molecule is C/C=C1\C(=NC)OCc2cn(-c3ccc(N4CCNCC4)nc3)nc21. The average molecular weight is 338 g/mol. The Kier molecular flexibility index (Phi) is 4.23. The molecule has 1 saturated heterocycles. The number of aromatic nitrogens is 3. The third kappa shape index (κ3) is 2.91. The molecule has 0 saturated carbocycles. The topological polar surface area (TPSA) is 67.6 Å². The van der Waals surface area contributed by atoms with Crippen molar-refractivity contribution in [2.24, 2.45) is 4.99 Å².